The third-order valence-electron chi connectivity index (χ3n) is 11.9. The molecule has 0 radical (unpaired) electrons. The normalized spacial score (nSPS) is 43.4. The molecule has 5 aliphatic rings. The largest absolute Gasteiger partial charge is 0.455 e. The predicted molar refractivity (Wildman–Crippen MR) is 166 cm³/mol. The summed E-state index contributed by atoms with van der Waals surface area (Å²) in [6, 6.07) is 0. The zero-order valence-corrected chi connectivity index (χ0v) is 27.0. The van der Waals surface area contributed by atoms with Crippen LogP contribution in [0.1, 0.15) is 92.4 Å². The molecule has 0 aromatic heterocycles. The lowest BCUT2D eigenvalue weighted by Crippen LogP contribution is -2.65. The maximum Gasteiger partial charge on any atom is 0.331 e. The highest BCUT2D eigenvalue weighted by atomic mass is 16.6. The van der Waals surface area contributed by atoms with Crippen LogP contribution in [0, 0.1) is 29.1 Å². The molecule has 0 aromatic rings. The number of carbonyl (C=O) groups excluding carboxylic acids is 2. The van der Waals surface area contributed by atoms with E-state index in [1.807, 2.05) is 32.9 Å². The monoisotopic (exact) mass is 612 g/mol. The van der Waals surface area contributed by atoms with E-state index in [4.69, 9.17) is 9.47 Å². The molecule has 4 fully saturated rings. The Morgan fingerprint density at radius 1 is 1.07 bits per heavy atom. The quantitative estimate of drug-likeness (QED) is 0.0785. The molecule has 0 aromatic carbocycles. The molecule has 4 aliphatic carbocycles. The van der Waals surface area contributed by atoms with Gasteiger partial charge in [-0.3, -0.25) is 4.79 Å². The Hall–Kier alpha value is -2.10. The number of allylic oxidation sites excluding steroid dienone is 5. The molecule has 44 heavy (non-hydrogen) atoms. The summed E-state index contributed by atoms with van der Waals surface area (Å²) in [6.07, 6.45) is 20.2. The summed E-state index contributed by atoms with van der Waals surface area (Å²) in [7, 11) is 0. The molecular weight excluding hydrogens is 560 g/mol. The van der Waals surface area contributed by atoms with Crippen LogP contribution in [0.2, 0.25) is 0 Å². The summed E-state index contributed by atoms with van der Waals surface area (Å²) < 4.78 is 12.2. The van der Waals surface area contributed by atoms with Crippen molar-refractivity contribution in [1.82, 2.24) is 0 Å². The molecule has 3 saturated carbocycles. The van der Waals surface area contributed by atoms with Gasteiger partial charge in [-0.2, -0.15) is 0 Å². The number of aliphatic hydroxyl groups is 4. The number of fused-ring (bicyclic) bond motifs is 7. The fourth-order valence-corrected chi connectivity index (χ4v) is 9.31. The van der Waals surface area contributed by atoms with Gasteiger partial charge in [-0.15, -0.1) is 0 Å². The minimum Gasteiger partial charge on any atom is -0.455 e. The zero-order chi connectivity index (χ0) is 32.1. The standard InChI is InChI=1S/C36H52O8/c1-6-7-8-9-10-11-12-13-14-15-16-17-18-19-26(38)43-34-21-24(3)35(41)25-20-23(2)29(39)36(25,42)31(40)33(22-37)30(44-33)27(35)28(34)32(34,4)5/h14-20,24-25,27-28,30-31,37,40-42H,6-13,21-22H2,1-5H3/b15-14+,17-16+,19-18+/t24-,25+,27-,28-,30+,31-,33+,34+,35+,36-/m1/s1. The van der Waals surface area contributed by atoms with E-state index >= 15 is 0 Å². The van der Waals surface area contributed by atoms with E-state index in [-0.39, 0.29) is 11.5 Å². The molecule has 4 N–H and O–H groups in total. The number of rotatable bonds is 13. The lowest BCUT2D eigenvalue weighted by atomic mass is 9.59. The van der Waals surface area contributed by atoms with Gasteiger partial charge in [-0.1, -0.05) is 103 Å². The van der Waals surface area contributed by atoms with Crippen LogP contribution >= 0.6 is 0 Å². The van der Waals surface area contributed by atoms with E-state index in [1.54, 1.807) is 25.2 Å². The van der Waals surface area contributed by atoms with Crippen molar-refractivity contribution in [2.24, 2.45) is 29.1 Å². The summed E-state index contributed by atoms with van der Waals surface area (Å²) in [5.74, 6) is -3.85. The fourth-order valence-electron chi connectivity index (χ4n) is 9.31. The second kappa shape index (κ2) is 11.9. The number of aliphatic hydroxyl groups excluding tert-OH is 2. The molecule has 244 valence electrons. The van der Waals surface area contributed by atoms with Crippen LogP contribution in [0.3, 0.4) is 0 Å². The van der Waals surface area contributed by atoms with Crippen molar-refractivity contribution < 1.29 is 39.5 Å². The van der Waals surface area contributed by atoms with Crippen LogP contribution in [-0.4, -0.2) is 73.4 Å². The topological polar surface area (TPSA) is 137 Å². The van der Waals surface area contributed by atoms with E-state index in [0.717, 1.165) is 6.42 Å². The van der Waals surface area contributed by atoms with Crippen molar-refractivity contribution in [3.8, 4) is 0 Å². The first-order chi connectivity index (χ1) is 20.8. The second-order valence-electron chi connectivity index (χ2n) is 14.6. The number of ketones is 1. The molecule has 8 nitrogen and oxygen atoms in total. The van der Waals surface area contributed by atoms with Crippen LogP contribution in [0.15, 0.2) is 48.1 Å². The van der Waals surface area contributed by atoms with Gasteiger partial charge < -0.3 is 29.9 Å². The molecule has 0 spiro atoms. The van der Waals surface area contributed by atoms with Gasteiger partial charge in [0, 0.05) is 29.2 Å². The minimum atomic E-state index is -2.33. The van der Waals surface area contributed by atoms with Crippen molar-refractivity contribution in [2.45, 2.75) is 127 Å². The number of carbonyl (C=O) groups is 2. The second-order valence-corrected chi connectivity index (χ2v) is 14.6. The number of hydrogen-bond acceptors (Lipinski definition) is 8. The molecule has 1 heterocycles. The Bertz CT molecular complexity index is 1250. The Balaban J connectivity index is 1.26. The van der Waals surface area contributed by atoms with Crippen molar-refractivity contribution >= 4 is 11.8 Å². The van der Waals surface area contributed by atoms with Crippen molar-refractivity contribution in [3.63, 3.8) is 0 Å². The highest BCUT2D eigenvalue weighted by molar-refractivity contribution is 6.05. The molecule has 0 unspecified atom stereocenters. The van der Waals surface area contributed by atoms with Crippen molar-refractivity contribution in [3.05, 3.63) is 48.1 Å². The maximum absolute atomic E-state index is 13.3. The zero-order valence-electron chi connectivity index (χ0n) is 27.0. The summed E-state index contributed by atoms with van der Waals surface area (Å²) in [5.41, 5.74) is -6.77. The van der Waals surface area contributed by atoms with Crippen LogP contribution in [-0.2, 0) is 19.1 Å². The van der Waals surface area contributed by atoms with Crippen LogP contribution in [0.25, 0.3) is 0 Å². The lowest BCUT2D eigenvalue weighted by Gasteiger charge is -2.51. The summed E-state index contributed by atoms with van der Waals surface area (Å²) in [5, 5.41) is 46.1. The minimum absolute atomic E-state index is 0.257. The smallest absolute Gasteiger partial charge is 0.331 e. The number of ether oxygens (including phenoxy) is 2. The van der Waals surface area contributed by atoms with Gasteiger partial charge in [0.2, 0.25) is 0 Å². The van der Waals surface area contributed by atoms with E-state index in [0.29, 0.717) is 6.42 Å². The van der Waals surface area contributed by atoms with Gasteiger partial charge in [0.1, 0.15) is 17.3 Å². The highest BCUT2D eigenvalue weighted by Crippen LogP contribution is 2.79. The first-order valence-electron chi connectivity index (χ1n) is 16.7. The van der Waals surface area contributed by atoms with Gasteiger partial charge in [-0.05, 0) is 37.7 Å². The van der Waals surface area contributed by atoms with Crippen LogP contribution in [0.4, 0.5) is 0 Å². The Kier molecular flexibility index (Phi) is 9.01. The van der Waals surface area contributed by atoms with Crippen LogP contribution < -0.4 is 0 Å². The predicted octanol–water partition coefficient (Wildman–Crippen LogP) is 4.50. The Labute approximate surface area is 261 Å². The molecule has 8 heteroatoms. The molecule has 1 aliphatic heterocycles. The van der Waals surface area contributed by atoms with Crippen molar-refractivity contribution in [2.75, 3.05) is 6.61 Å². The maximum atomic E-state index is 13.3. The van der Waals surface area contributed by atoms with E-state index in [2.05, 4.69) is 13.0 Å². The third-order valence-corrected chi connectivity index (χ3v) is 11.9. The summed E-state index contributed by atoms with van der Waals surface area (Å²) >= 11 is 0. The molecular formula is C36H52O8. The molecule has 0 amide bonds. The van der Waals surface area contributed by atoms with Crippen molar-refractivity contribution in [1.29, 1.82) is 0 Å². The average molecular weight is 613 g/mol. The van der Waals surface area contributed by atoms with E-state index in [1.165, 1.54) is 51.0 Å². The van der Waals surface area contributed by atoms with Gasteiger partial charge >= 0.3 is 5.97 Å². The molecule has 5 rings (SSSR count). The molecule has 0 bridgehead atoms. The first-order valence-corrected chi connectivity index (χ1v) is 16.7. The summed E-state index contributed by atoms with van der Waals surface area (Å²) in [4.78, 5) is 26.4. The highest BCUT2D eigenvalue weighted by Gasteiger charge is 2.90. The Morgan fingerprint density at radius 2 is 1.73 bits per heavy atom. The third kappa shape index (κ3) is 4.82. The number of esters is 1. The van der Waals surface area contributed by atoms with E-state index in [9.17, 15) is 30.0 Å². The average Bonchev–Trinajstić information content (AvgIpc) is 3.80. The van der Waals surface area contributed by atoms with E-state index < -0.39 is 76.1 Å². The SMILES string of the molecule is CCCCCCCCC/C=C/C=C/C=C/C(=O)O[C@@]12C[C@@H](C)[C@@]3(O)[C@H]([C@@H]1C2(C)C)[C@@H]1O[C@]1(CO)[C@@H](O)[C@]1(O)C(=O)C(C)=C[C@H]13. The number of epoxide rings is 1. The van der Waals surface area contributed by atoms with Gasteiger partial charge in [-0.25, -0.2) is 4.79 Å². The molecule has 1 saturated heterocycles. The fraction of sp³-hybridized carbons (Fsp3) is 0.722. The Morgan fingerprint density at radius 3 is 2.41 bits per heavy atom. The van der Waals surface area contributed by atoms with Crippen LogP contribution in [0.5, 0.6) is 0 Å². The number of unbranched alkanes of at least 4 members (excludes halogenated alkanes) is 7. The summed E-state index contributed by atoms with van der Waals surface area (Å²) in [6.45, 7) is 8.97. The number of hydrogen-bond donors (Lipinski definition) is 4. The molecule has 10 atom stereocenters. The number of Topliss-reactive ketones (excluding diaryl/α,β-unsaturated/α-hetero) is 1. The first kappa shape index (κ1) is 33.3. The lowest BCUT2D eigenvalue weighted by molar-refractivity contribution is -0.214. The van der Waals surface area contributed by atoms with Gasteiger partial charge in [0.05, 0.1) is 18.3 Å². The van der Waals surface area contributed by atoms with Gasteiger partial charge in [0.15, 0.2) is 11.4 Å². The van der Waals surface area contributed by atoms with Gasteiger partial charge in [0.25, 0.3) is 0 Å².